The van der Waals surface area contributed by atoms with Crippen LogP contribution in [0.3, 0.4) is 0 Å². The van der Waals surface area contributed by atoms with Crippen molar-refractivity contribution >= 4 is 38.3 Å². The molecule has 0 spiro atoms. The van der Waals surface area contributed by atoms with Gasteiger partial charge >= 0.3 is 0 Å². The second-order valence-electron chi connectivity index (χ2n) is 6.26. The van der Waals surface area contributed by atoms with E-state index in [1.807, 2.05) is 24.3 Å². The van der Waals surface area contributed by atoms with Gasteiger partial charge in [-0.15, -0.1) is 0 Å². The molecule has 1 saturated carbocycles. The Morgan fingerprint density at radius 3 is 2.67 bits per heavy atom. The summed E-state index contributed by atoms with van der Waals surface area (Å²) in [6.45, 7) is 0. The minimum atomic E-state index is -0.194. The van der Waals surface area contributed by atoms with Gasteiger partial charge in [-0.3, -0.25) is 14.0 Å². The fourth-order valence-corrected chi connectivity index (χ4v) is 4.43. The van der Waals surface area contributed by atoms with Crippen LogP contribution in [0.5, 0.6) is 0 Å². The van der Waals surface area contributed by atoms with Gasteiger partial charge < -0.3 is 9.88 Å². The number of nitrogens with zero attached hydrogens (tertiary/aromatic N) is 2. The lowest BCUT2D eigenvalue weighted by atomic mass is 10.2. The molecule has 5 nitrogen and oxygen atoms in total. The van der Waals surface area contributed by atoms with E-state index in [9.17, 15) is 9.59 Å². The van der Waals surface area contributed by atoms with Crippen LogP contribution < -0.4 is 10.9 Å². The molecule has 1 aliphatic carbocycles. The number of fused-ring (bicyclic) bond motifs is 3. The van der Waals surface area contributed by atoms with E-state index in [0.29, 0.717) is 11.2 Å². The average molecular weight is 388 g/mol. The highest BCUT2D eigenvalue weighted by molar-refractivity contribution is 9.10. The number of rotatable bonds is 2. The third-order valence-electron chi connectivity index (χ3n) is 4.93. The molecule has 24 heavy (non-hydrogen) atoms. The second kappa shape index (κ2) is 5.77. The van der Waals surface area contributed by atoms with Crippen molar-refractivity contribution in [2.24, 2.45) is 0 Å². The van der Waals surface area contributed by atoms with Crippen LogP contribution in [0, 0.1) is 0 Å². The number of nitrogens with one attached hydrogen (secondary N) is 1. The summed E-state index contributed by atoms with van der Waals surface area (Å²) in [5.74, 6) is -0.194. The molecule has 1 N–H and O–H groups in total. The summed E-state index contributed by atoms with van der Waals surface area (Å²) < 4.78 is 4.28. The van der Waals surface area contributed by atoms with E-state index in [1.54, 1.807) is 22.2 Å². The number of halogens is 1. The van der Waals surface area contributed by atoms with Gasteiger partial charge in [0.05, 0.1) is 9.99 Å². The molecule has 0 unspecified atom stereocenters. The molecule has 0 aliphatic heterocycles. The molecule has 0 saturated heterocycles. The number of amides is 1. The first-order valence-electron chi connectivity index (χ1n) is 8.19. The number of benzene rings is 1. The molecule has 6 heteroatoms. The normalized spacial score (nSPS) is 15.4. The summed E-state index contributed by atoms with van der Waals surface area (Å²) in [6, 6.07) is 7.91. The van der Waals surface area contributed by atoms with Gasteiger partial charge in [0, 0.05) is 24.7 Å². The first-order chi connectivity index (χ1) is 11.6. The predicted molar refractivity (Wildman–Crippen MR) is 97.8 cm³/mol. The van der Waals surface area contributed by atoms with Crippen LogP contribution in [0.4, 0.5) is 0 Å². The van der Waals surface area contributed by atoms with E-state index < -0.39 is 0 Å². The lowest BCUT2D eigenvalue weighted by Crippen LogP contribution is -2.30. The van der Waals surface area contributed by atoms with Crippen LogP contribution in [-0.2, 0) is 0 Å². The Hall–Kier alpha value is -2.08. The molecule has 0 bridgehead atoms. The lowest BCUT2D eigenvalue weighted by Gasteiger charge is -2.16. The molecule has 1 fully saturated rings. The predicted octanol–water partition coefficient (Wildman–Crippen LogP) is 3.49. The third-order valence-corrected chi connectivity index (χ3v) is 5.73. The Kier molecular flexibility index (Phi) is 3.72. The van der Waals surface area contributed by atoms with Crippen molar-refractivity contribution in [2.45, 2.75) is 31.7 Å². The zero-order valence-electron chi connectivity index (χ0n) is 13.4. The molecule has 2 heterocycles. The van der Waals surface area contributed by atoms with Crippen molar-refractivity contribution < 1.29 is 4.79 Å². The Morgan fingerprint density at radius 2 is 1.96 bits per heavy atom. The fraction of sp³-hybridized carbons (Fsp3) is 0.333. The van der Waals surface area contributed by atoms with Gasteiger partial charge in [-0.2, -0.15) is 0 Å². The quantitative estimate of drug-likeness (QED) is 0.731. The zero-order chi connectivity index (χ0) is 16.8. The molecule has 2 aromatic heterocycles. The van der Waals surface area contributed by atoms with E-state index in [0.717, 1.165) is 41.1 Å². The summed E-state index contributed by atoms with van der Waals surface area (Å²) in [7, 11) is 1.61. The van der Waals surface area contributed by atoms with Crippen LogP contribution >= 0.6 is 15.9 Å². The summed E-state index contributed by atoms with van der Waals surface area (Å²) in [4.78, 5) is 25.6. The Labute approximate surface area is 147 Å². The molecule has 1 aromatic carbocycles. The van der Waals surface area contributed by atoms with Gasteiger partial charge in [-0.25, -0.2) is 0 Å². The molecular weight excluding hydrogens is 370 g/mol. The van der Waals surface area contributed by atoms with Crippen LogP contribution in [0.15, 0.2) is 39.7 Å². The van der Waals surface area contributed by atoms with Crippen molar-refractivity contribution in [1.29, 1.82) is 0 Å². The maximum atomic E-state index is 13.1. The minimum Gasteiger partial charge on any atom is -0.354 e. The molecule has 0 atom stereocenters. The number of carbonyl (C=O) groups is 1. The van der Waals surface area contributed by atoms with Crippen molar-refractivity contribution in [3.05, 3.63) is 51.0 Å². The molecule has 124 valence electrons. The maximum Gasteiger partial charge on any atom is 0.276 e. The number of hydrogen-bond donors (Lipinski definition) is 1. The van der Waals surface area contributed by atoms with Gasteiger partial charge in [-0.05, 0) is 34.8 Å². The van der Waals surface area contributed by atoms with Gasteiger partial charge in [-0.1, -0.05) is 31.0 Å². The van der Waals surface area contributed by atoms with Crippen molar-refractivity contribution in [3.8, 4) is 0 Å². The maximum absolute atomic E-state index is 13.1. The van der Waals surface area contributed by atoms with E-state index in [4.69, 9.17) is 0 Å². The first kappa shape index (κ1) is 15.4. The van der Waals surface area contributed by atoms with Crippen LogP contribution in [0.1, 0.15) is 42.2 Å². The number of carbonyl (C=O) groups excluding carboxylic acids is 1. The molecule has 3 aromatic rings. The number of aromatic nitrogens is 2. The fourth-order valence-electron chi connectivity index (χ4n) is 3.75. The van der Waals surface area contributed by atoms with Crippen LogP contribution in [0.2, 0.25) is 0 Å². The second-order valence-corrected chi connectivity index (χ2v) is 7.05. The first-order valence-corrected chi connectivity index (χ1v) is 8.98. The van der Waals surface area contributed by atoms with Crippen molar-refractivity contribution in [2.75, 3.05) is 7.05 Å². The van der Waals surface area contributed by atoms with Gasteiger partial charge in [0.25, 0.3) is 11.5 Å². The van der Waals surface area contributed by atoms with E-state index in [2.05, 4.69) is 21.2 Å². The van der Waals surface area contributed by atoms with Crippen molar-refractivity contribution in [1.82, 2.24) is 14.3 Å². The number of hydrogen-bond acceptors (Lipinski definition) is 2. The molecule has 1 amide bonds. The van der Waals surface area contributed by atoms with Crippen LogP contribution in [-0.4, -0.2) is 21.9 Å². The minimum absolute atomic E-state index is 0.0439. The van der Waals surface area contributed by atoms with E-state index in [1.165, 1.54) is 0 Å². The highest BCUT2D eigenvalue weighted by Crippen LogP contribution is 2.33. The third kappa shape index (κ3) is 2.13. The highest BCUT2D eigenvalue weighted by atomic mass is 79.9. The van der Waals surface area contributed by atoms with Gasteiger partial charge in [0.1, 0.15) is 11.2 Å². The largest absolute Gasteiger partial charge is 0.354 e. The Bertz CT molecular complexity index is 1010. The lowest BCUT2D eigenvalue weighted by molar-refractivity contribution is 0.0956. The number of para-hydroxylation sites is 1. The summed E-state index contributed by atoms with van der Waals surface area (Å²) in [5.41, 5.74) is 1.83. The summed E-state index contributed by atoms with van der Waals surface area (Å²) in [6.07, 6.45) is 5.95. The SMILES string of the molecule is CNC(=O)c1cn(C2CCCC2)c(=O)c2c(Br)c3ccccc3n12. The van der Waals surface area contributed by atoms with Gasteiger partial charge in [0.2, 0.25) is 0 Å². The van der Waals surface area contributed by atoms with Gasteiger partial charge in [0.15, 0.2) is 0 Å². The molecule has 4 rings (SSSR count). The summed E-state index contributed by atoms with van der Waals surface area (Å²) >= 11 is 3.59. The molecule has 0 radical (unpaired) electrons. The highest BCUT2D eigenvalue weighted by Gasteiger charge is 2.25. The molecule has 1 aliphatic rings. The Morgan fingerprint density at radius 1 is 1.25 bits per heavy atom. The van der Waals surface area contributed by atoms with Crippen molar-refractivity contribution in [3.63, 3.8) is 0 Å². The van der Waals surface area contributed by atoms with E-state index >= 15 is 0 Å². The smallest absolute Gasteiger partial charge is 0.276 e. The van der Waals surface area contributed by atoms with E-state index in [-0.39, 0.29) is 17.5 Å². The Balaban J connectivity index is 2.17. The monoisotopic (exact) mass is 387 g/mol. The summed E-state index contributed by atoms with van der Waals surface area (Å²) in [5, 5.41) is 3.63. The molecular formula is C18H18BrN3O2. The average Bonchev–Trinajstić information content (AvgIpc) is 3.23. The van der Waals surface area contributed by atoms with Crippen LogP contribution in [0.25, 0.3) is 16.4 Å². The zero-order valence-corrected chi connectivity index (χ0v) is 15.0. The topological polar surface area (TPSA) is 55.5 Å². The standard InChI is InChI=1S/C18H18BrN3O2/c1-20-17(23)14-10-21(11-6-2-3-7-11)18(24)16-15(19)12-8-4-5-9-13(12)22(14)16/h4-5,8-11H,2-3,6-7H2,1H3,(H,20,23).